The largest absolute Gasteiger partial charge is 0.371 e. The first-order chi connectivity index (χ1) is 14.5. The summed E-state index contributed by atoms with van der Waals surface area (Å²) in [5, 5.41) is 11.9. The molecule has 0 aromatic heterocycles. The molecule has 1 spiro atoms. The third-order valence-electron chi connectivity index (χ3n) is 6.35. The number of anilines is 2. The van der Waals surface area contributed by atoms with Crippen molar-refractivity contribution in [3.8, 4) is 0 Å². The van der Waals surface area contributed by atoms with Gasteiger partial charge < -0.3 is 14.8 Å². The highest BCUT2D eigenvalue weighted by molar-refractivity contribution is 7.80. The second kappa shape index (κ2) is 8.17. The van der Waals surface area contributed by atoms with E-state index in [1.54, 1.807) is 6.07 Å². The van der Waals surface area contributed by atoms with Crippen molar-refractivity contribution in [1.29, 1.82) is 0 Å². The Bertz CT molecular complexity index is 1010. The van der Waals surface area contributed by atoms with Crippen molar-refractivity contribution in [2.24, 2.45) is 0 Å². The number of hydrogen-bond acceptors (Lipinski definition) is 3. The highest BCUT2D eigenvalue weighted by Crippen LogP contribution is 2.50. The Morgan fingerprint density at radius 1 is 1.23 bits per heavy atom. The van der Waals surface area contributed by atoms with Crippen molar-refractivity contribution < 1.29 is 9.90 Å². The Balaban J connectivity index is 1.65. The standard InChI is InChI=1S/C24H25N3O2S/c1-17-16-20(11-12-21(17)25-2)26-22(29)24(13-5-14-24)27(23(26)30)19-9-7-18(8-10-19)6-3-4-15-28/h7-12,15-16,22,29H,3-6,13-14H2,1H3. The minimum atomic E-state index is -0.732. The number of carbonyl (C=O) groups excluding carboxylic acids is 1. The molecule has 1 N–H and O–H groups in total. The number of aldehydes is 1. The molecule has 2 aliphatic rings. The number of hydrogen-bond donors (Lipinski definition) is 1. The van der Waals surface area contributed by atoms with Gasteiger partial charge in [-0.15, -0.1) is 0 Å². The van der Waals surface area contributed by atoms with Crippen LogP contribution in [-0.2, 0) is 11.2 Å². The fraction of sp³-hybridized carbons (Fsp3) is 0.375. The molecule has 0 amide bonds. The van der Waals surface area contributed by atoms with Gasteiger partial charge >= 0.3 is 0 Å². The van der Waals surface area contributed by atoms with Crippen molar-refractivity contribution >= 4 is 40.7 Å². The van der Waals surface area contributed by atoms with E-state index in [0.717, 1.165) is 55.3 Å². The molecule has 154 valence electrons. The van der Waals surface area contributed by atoms with Gasteiger partial charge in [-0.3, -0.25) is 4.90 Å². The lowest BCUT2D eigenvalue weighted by Gasteiger charge is -2.46. The number of unbranched alkanes of at least 4 members (excludes halogenated alkanes) is 1. The lowest BCUT2D eigenvalue weighted by molar-refractivity contribution is -0.107. The van der Waals surface area contributed by atoms with Gasteiger partial charge in [0, 0.05) is 17.8 Å². The number of thiocarbonyl (C=S) groups is 1. The van der Waals surface area contributed by atoms with E-state index >= 15 is 0 Å². The quantitative estimate of drug-likeness (QED) is 0.312. The zero-order valence-corrected chi connectivity index (χ0v) is 17.9. The highest BCUT2D eigenvalue weighted by Gasteiger charge is 2.59. The summed E-state index contributed by atoms with van der Waals surface area (Å²) in [4.78, 5) is 18.0. The Hall–Kier alpha value is -2.75. The summed E-state index contributed by atoms with van der Waals surface area (Å²) in [7, 11) is 0. The van der Waals surface area contributed by atoms with Gasteiger partial charge in [0.25, 0.3) is 0 Å². The highest BCUT2D eigenvalue weighted by atomic mass is 32.1. The SMILES string of the molecule is [C-]#[N+]c1ccc(N2C(=S)N(c3ccc(CCCC=O)cc3)C3(CCC3)C2O)cc1C. The predicted molar refractivity (Wildman–Crippen MR) is 123 cm³/mol. The molecule has 2 fully saturated rings. The zero-order valence-electron chi connectivity index (χ0n) is 17.0. The second-order valence-corrected chi connectivity index (χ2v) is 8.49. The molecule has 0 radical (unpaired) electrons. The van der Waals surface area contributed by atoms with E-state index in [1.807, 2.05) is 24.0 Å². The first-order valence-electron chi connectivity index (χ1n) is 10.3. The summed E-state index contributed by atoms with van der Waals surface area (Å²) in [6, 6.07) is 13.9. The minimum Gasteiger partial charge on any atom is -0.371 e. The number of benzene rings is 2. The van der Waals surface area contributed by atoms with Crippen molar-refractivity contribution in [2.45, 2.75) is 57.2 Å². The Labute approximate surface area is 182 Å². The lowest BCUT2D eigenvalue weighted by atomic mass is 9.74. The van der Waals surface area contributed by atoms with Crippen LogP contribution in [-0.4, -0.2) is 28.3 Å². The van der Waals surface area contributed by atoms with E-state index in [-0.39, 0.29) is 0 Å². The molecule has 1 unspecified atom stereocenters. The molecule has 1 atom stereocenters. The molecule has 1 saturated heterocycles. The predicted octanol–water partition coefficient (Wildman–Crippen LogP) is 4.92. The van der Waals surface area contributed by atoms with Crippen LogP contribution in [0.1, 0.15) is 43.2 Å². The third-order valence-corrected chi connectivity index (χ3v) is 6.73. The maximum Gasteiger partial charge on any atom is 0.190 e. The normalized spacial score (nSPS) is 19.6. The van der Waals surface area contributed by atoms with Crippen molar-refractivity contribution in [3.05, 3.63) is 65.0 Å². The first kappa shape index (κ1) is 20.5. The van der Waals surface area contributed by atoms with Crippen LogP contribution in [0.25, 0.3) is 4.85 Å². The molecule has 6 heteroatoms. The van der Waals surface area contributed by atoms with Gasteiger partial charge in [-0.05, 0) is 86.6 Å². The molecule has 4 rings (SSSR count). The van der Waals surface area contributed by atoms with Crippen molar-refractivity contribution in [2.75, 3.05) is 9.80 Å². The Morgan fingerprint density at radius 2 is 1.93 bits per heavy atom. The van der Waals surface area contributed by atoms with E-state index in [0.29, 0.717) is 17.2 Å². The number of carbonyl (C=O) groups is 1. The summed E-state index contributed by atoms with van der Waals surface area (Å²) in [6.07, 6.45) is 5.34. The average Bonchev–Trinajstić information content (AvgIpc) is 2.95. The molecular formula is C24H25N3O2S. The molecule has 2 aromatic rings. The van der Waals surface area contributed by atoms with Crippen LogP contribution in [0.4, 0.5) is 17.1 Å². The van der Waals surface area contributed by atoms with E-state index in [4.69, 9.17) is 18.8 Å². The third kappa shape index (κ3) is 3.28. The number of nitrogens with zero attached hydrogens (tertiary/aromatic N) is 3. The van der Waals surface area contributed by atoms with Crippen LogP contribution in [0.15, 0.2) is 42.5 Å². The van der Waals surface area contributed by atoms with Crippen LogP contribution in [0.5, 0.6) is 0 Å². The molecule has 1 saturated carbocycles. The second-order valence-electron chi connectivity index (χ2n) is 8.13. The summed E-state index contributed by atoms with van der Waals surface area (Å²) in [5.41, 5.74) is 4.06. The maximum absolute atomic E-state index is 11.3. The Kier molecular flexibility index (Phi) is 5.59. The fourth-order valence-electron chi connectivity index (χ4n) is 4.51. The molecule has 1 aliphatic heterocycles. The smallest absolute Gasteiger partial charge is 0.190 e. The molecular weight excluding hydrogens is 394 g/mol. The van der Waals surface area contributed by atoms with Crippen LogP contribution < -0.4 is 9.80 Å². The van der Waals surface area contributed by atoms with E-state index in [9.17, 15) is 9.90 Å². The fourth-order valence-corrected chi connectivity index (χ4v) is 5.01. The van der Waals surface area contributed by atoms with Gasteiger partial charge in [-0.2, -0.15) is 0 Å². The summed E-state index contributed by atoms with van der Waals surface area (Å²) < 4.78 is 0. The topological polar surface area (TPSA) is 48.1 Å². The van der Waals surface area contributed by atoms with Crippen LogP contribution >= 0.6 is 12.2 Å². The molecule has 1 heterocycles. The van der Waals surface area contributed by atoms with Crippen LogP contribution in [0.2, 0.25) is 0 Å². The average molecular weight is 420 g/mol. The number of aliphatic hydroxyl groups excluding tert-OH is 1. The number of rotatable bonds is 6. The molecule has 5 nitrogen and oxygen atoms in total. The zero-order chi connectivity index (χ0) is 21.3. The number of aryl methyl sites for hydroxylation is 2. The van der Waals surface area contributed by atoms with Gasteiger partial charge in [-0.1, -0.05) is 18.2 Å². The monoisotopic (exact) mass is 419 g/mol. The molecule has 1 aliphatic carbocycles. The van der Waals surface area contributed by atoms with E-state index in [1.165, 1.54) is 5.56 Å². The van der Waals surface area contributed by atoms with E-state index in [2.05, 4.69) is 34.0 Å². The maximum atomic E-state index is 11.3. The minimum absolute atomic E-state index is 0.414. The van der Waals surface area contributed by atoms with Crippen LogP contribution in [0, 0.1) is 13.5 Å². The van der Waals surface area contributed by atoms with Gasteiger partial charge in [0.1, 0.15) is 6.29 Å². The molecule has 30 heavy (non-hydrogen) atoms. The first-order valence-corrected chi connectivity index (χ1v) is 10.7. The van der Waals surface area contributed by atoms with Gasteiger partial charge in [0.05, 0.1) is 12.1 Å². The van der Waals surface area contributed by atoms with E-state index < -0.39 is 11.8 Å². The lowest BCUT2D eigenvalue weighted by Crippen LogP contribution is -2.57. The van der Waals surface area contributed by atoms with Gasteiger partial charge in [0.15, 0.2) is 17.0 Å². The van der Waals surface area contributed by atoms with Gasteiger partial charge in [-0.25, -0.2) is 4.85 Å². The van der Waals surface area contributed by atoms with Crippen molar-refractivity contribution in [1.82, 2.24) is 0 Å². The molecule has 2 aromatic carbocycles. The van der Waals surface area contributed by atoms with Crippen LogP contribution in [0.3, 0.4) is 0 Å². The Morgan fingerprint density at radius 3 is 2.50 bits per heavy atom. The molecule has 0 bridgehead atoms. The summed E-state index contributed by atoms with van der Waals surface area (Å²) >= 11 is 5.87. The summed E-state index contributed by atoms with van der Waals surface area (Å²) in [6.45, 7) is 9.18. The van der Waals surface area contributed by atoms with Gasteiger partial charge in [0.2, 0.25) is 0 Å². The summed E-state index contributed by atoms with van der Waals surface area (Å²) in [5.74, 6) is 0. The van der Waals surface area contributed by atoms with Crippen molar-refractivity contribution in [3.63, 3.8) is 0 Å². The number of aliphatic hydroxyl groups is 1.